The first kappa shape index (κ1) is 14.9. The molecule has 1 aliphatic heterocycles. The minimum Gasteiger partial charge on any atom is -0.326 e. The van der Waals surface area contributed by atoms with Crippen molar-refractivity contribution in [2.75, 3.05) is 26.2 Å². The molecule has 0 amide bonds. The topological polar surface area (TPSA) is 32.5 Å². The van der Waals surface area contributed by atoms with Crippen LogP contribution in [0.3, 0.4) is 0 Å². The predicted molar refractivity (Wildman–Crippen MR) is 83.4 cm³/mol. The minimum atomic E-state index is -0.160. The van der Waals surface area contributed by atoms with E-state index < -0.39 is 0 Å². The first-order chi connectivity index (χ1) is 10.3. The van der Waals surface area contributed by atoms with Gasteiger partial charge in [0.05, 0.1) is 0 Å². The Bertz CT molecular complexity index is 463. The van der Waals surface area contributed by atoms with Crippen molar-refractivity contribution in [1.82, 2.24) is 9.80 Å². The van der Waals surface area contributed by atoms with Crippen LogP contribution in [0.2, 0.25) is 0 Å². The third kappa shape index (κ3) is 3.62. The average Bonchev–Trinajstić information content (AvgIpc) is 3.03. The monoisotopic (exact) mass is 291 g/mol. The second kappa shape index (κ2) is 6.86. The highest BCUT2D eigenvalue weighted by Gasteiger charge is 2.26. The van der Waals surface area contributed by atoms with E-state index >= 15 is 0 Å². The second-order valence-electron chi connectivity index (χ2n) is 6.37. The van der Waals surface area contributed by atoms with Gasteiger partial charge >= 0.3 is 0 Å². The number of nitrogens with zero attached hydrogens (tertiary/aromatic N) is 2. The van der Waals surface area contributed by atoms with Crippen LogP contribution in [0.15, 0.2) is 18.2 Å². The van der Waals surface area contributed by atoms with Crippen LogP contribution in [0.1, 0.15) is 36.8 Å². The Hall–Kier alpha value is -0.970. The van der Waals surface area contributed by atoms with Crippen molar-refractivity contribution in [2.45, 2.75) is 44.8 Å². The number of rotatable bonds is 4. The van der Waals surface area contributed by atoms with Gasteiger partial charge in [-0.2, -0.15) is 0 Å². The zero-order valence-corrected chi connectivity index (χ0v) is 12.7. The van der Waals surface area contributed by atoms with E-state index in [1.807, 2.05) is 6.07 Å². The van der Waals surface area contributed by atoms with E-state index in [-0.39, 0.29) is 5.82 Å². The van der Waals surface area contributed by atoms with E-state index in [2.05, 4.69) is 9.80 Å². The van der Waals surface area contributed by atoms with E-state index in [9.17, 15) is 4.39 Å². The van der Waals surface area contributed by atoms with Crippen LogP contribution in [0.25, 0.3) is 0 Å². The standard InChI is InChI=1S/C17H26FN3/c18-16-6-5-14(12-19)15(11-16)13-20-7-9-21(10-8-20)17-3-1-2-4-17/h5-6,11,17H,1-4,7-10,12-13,19H2. The highest BCUT2D eigenvalue weighted by atomic mass is 19.1. The Kier molecular flexibility index (Phi) is 4.88. The molecule has 1 saturated heterocycles. The summed E-state index contributed by atoms with van der Waals surface area (Å²) in [4.78, 5) is 5.08. The van der Waals surface area contributed by atoms with Gasteiger partial charge in [-0.1, -0.05) is 18.9 Å². The number of halogens is 1. The summed E-state index contributed by atoms with van der Waals surface area (Å²) in [5, 5.41) is 0. The lowest BCUT2D eigenvalue weighted by atomic mass is 10.1. The van der Waals surface area contributed by atoms with Crippen molar-refractivity contribution in [2.24, 2.45) is 5.73 Å². The number of hydrogen-bond acceptors (Lipinski definition) is 3. The Balaban J connectivity index is 1.56. The maximum absolute atomic E-state index is 13.4. The maximum Gasteiger partial charge on any atom is 0.123 e. The van der Waals surface area contributed by atoms with Crippen LogP contribution >= 0.6 is 0 Å². The van der Waals surface area contributed by atoms with E-state index in [4.69, 9.17) is 5.73 Å². The predicted octanol–water partition coefficient (Wildman–Crippen LogP) is 2.34. The Morgan fingerprint density at radius 2 is 1.76 bits per heavy atom. The lowest BCUT2D eigenvalue weighted by Gasteiger charge is -2.38. The van der Waals surface area contributed by atoms with Gasteiger partial charge < -0.3 is 5.73 Å². The number of nitrogens with two attached hydrogens (primary N) is 1. The SMILES string of the molecule is NCc1ccc(F)cc1CN1CCN(C2CCCC2)CC1. The van der Waals surface area contributed by atoms with Crippen LogP contribution in [-0.4, -0.2) is 42.0 Å². The van der Waals surface area contributed by atoms with Gasteiger partial charge in [0.2, 0.25) is 0 Å². The van der Waals surface area contributed by atoms with Crippen LogP contribution < -0.4 is 5.73 Å². The molecule has 2 fully saturated rings. The molecule has 2 N–H and O–H groups in total. The molecule has 0 bridgehead atoms. The summed E-state index contributed by atoms with van der Waals surface area (Å²) in [6.07, 6.45) is 5.55. The molecule has 1 saturated carbocycles. The molecule has 4 heteroatoms. The molecule has 1 heterocycles. The quantitative estimate of drug-likeness (QED) is 0.924. The Morgan fingerprint density at radius 1 is 1.05 bits per heavy atom. The van der Waals surface area contributed by atoms with Gasteiger partial charge in [0.1, 0.15) is 5.82 Å². The molecular weight excluding hydrogens is 265 g/mol. The molecule has 3 rings (SSSR count). The van der Waals surface area contributed by atoms with E-state index in [1.165, 1.54) is 31.7 Å². The van der Waals surface area contributed by atoms with Gasteiger partial charge in [-0.3, -0.25) is 9.80 Å². The zero-order valence-electron chi connectivity index (χ0n) is 12.7. The van der Waals surface area contributed by atoms with Gasteiger partial charge in [0, 0.05) is 45.3 Å². The van der Waals surface area contributed by atoms with Gasteiger partial charge in [-0.15, -0.1) is 0 Å². The summed E-state index contributed by atoms with van der Waals surface area (Å²) in [5.41, 5.74) is 7.87. The number of piperazine rings is 1. The second-order valence-corrected chi connectivity index (χ2v) is 6.37. The summed E-state index contributed by atoms with van der Waals surface area (Å²) >= 11 is 0. The summed E-state index contributed by atoms with van der Waals surface area (Å²) in [6.45, 7) is 5.77. The van der Waals surface area contributed by atoms with Crippen LogP contribution in [-0.2, 0) is 13.1 Å². The van der Waals surface area contributed by atoms with Crippen molar-refractivity contribution in [3.8, 4) is 0 Å². The molecule has 0 atom stereocenters. The normalized spacial score (nSPS) is 22.0. The molecule has 1 aromatic carbocycles. The van der Waals surface area contributed by atoms with Gasteiger partial charge in [0.25, 0.3) is 0 Å². The van der Waals surface area contributed by atoms with Gasteiger partial charge in [0.15, 0.2) is 0 Å². The molecule has 0 radical (unpaired) electrons. The van der Waals surface area contributed by atoms with E-state index in [0.29, 0.717) is 6.54 Å². The lowest BCUT2D eigenvalue weighted by molar-refractivity contribution is 0.0935. The highest BCUT2D eigenvalue weighted by molar-refractivity contribution is 5.27. The summed E-state index contributed by atoms with van der Waals surface area (Å²) in [5.74, 6) is -0.160. The van der Waals surface area contributed by atoms with E-state index in [0.717, 1.165) is 49.9 Å². The molecule has 21 heavy (non-hydrogen) atoms. The summed E-state index contributed by atoms with van der Waals surface area (Å²) in [6, 6.07) is 5.79. The third-order valence-corrected chi connectivity index (χ3v) is 5.03. The molecule has 1 aliphatic carbocycles. The molecule has 0 aromatic heterocycles. The number of hydrogen-bond donors (Lipinski definition) is 1. The van der Waals surface area contributed by atoms with Crippen molar-refractivity contribution in [1.29, 1.82) is 0 Å². The molecule has 116 valence electrons. The fraction of sp³-hybridized carbons (Fsp3) is 0.647. The molecule has 0 unspecified atom stereocenters. The van der Waals surface area contributed by atoms with Gasteiger partial charge in [-0.05, 0) is 36.1 Å². The van der Waals surface area contributed by atoms with Crippen LogP contribution in [0.4, 0.5) is 4.39 Å². The van der Waals surface area contributed by atoms with Crippen LogP contribution in [0.5, 0.6) is 0 Å². The highest BCUT2D eigenvalue weighted by Crippen LogP contribution is 2.24. The van der Waals surface area contributed by atoms with Crippen molar-refractivity contribution in [3.63, 3.8) is 0 Å². The molecule has 3 nitrogen and oxygen atoms in total. The average molecular weight is 291 g/mol. The Morgan fingerprint density at radius 3 is 2.43 bits per heavy atom. The van der Waals surface area contributed by atoms with Gasteiger partial charge in [-0.25, -0.2) is 4.39 Å². The fourth-order valence-corrected chi connectivity index (χ4v) is 3.74. The molecule has 0 spiro atoms. The first-order valence-corrected chi connectivity index (χ1v) is 8.20. The molecule has 2 aliphatic rings. The smallest absolute Gasteiger partial charge is 0.123 e. The van der Waals surface area contributed by atoms with Crippen LogP contribution in [0, 0.1) is 5.82 Å². The minimum absolute atomic E-state index is 0.160. The molecular formula is C17H26FN3. The third-order valence-electron chi connectivity index (χ3n) is 5.03. The van der Waals surface area contributed by atoms with Crippen molar-refractivity contribution < 1.29 is 4.39 Å². The van der Waals surface area contributed by atoms with E-state index in [1.54, 1.807) is 6.07 Å². The largest absolute Gasteiger partial charge is 0.326 e. The zero-order chi connectivity index (χ0) is 14.7. The van der Waals surface area contributed by atoms with Crippen molar-refractivity contribution >= 4 is 0 Å². The molecule has 1 aromatic rings. The van der Waals surface area contributed by atoms with Crippen molar-refractivity contribution in [3.05, 3.63) is 35.1 Å². The lowest BCUT2D eigenvalue weighted by Crippen LogP contribution is -2.49. The fourth-order valence-electron chi connectivity index (χ4n) is 3.74. The summed E-state index contributed by atoms with van der Waals surface area (Å²) in [7, 11) is 0. The first-order valence-electron chi connectivity index (χ1n) is 8.20. The maximum atomic E-state index is 13.4. The number of benzene rings is 1. The Labute approximate surface area is 126 Å². The summed E-state index contributed by atoms with van der Waals surface area (Å²) < 4.78 is 13.4.